The van der Waals surface area contributed by atoms with Gasteiger partial charge in [-0.15, -0.1) is 0 Å². The summed E-state index contributed by atoms with van der Waals surface area (Å²) in [4.78, 5) is 17.1. The molecule has 4 rings (SSSR count). The molecule has 3 aliphatic heterocycles. The summed E-state index contributed by atoms with van der Waals surface area (Å²) < 4.78 is 44.4. The highest BCUT2D eigenvalue weighted by Gasteiger charge is 2.48. The number of benzene rings is 1. The largest absolute Gasteiger partial charge is 0.368 e. The average Bonchev–Trinajstić information content (AvgIpc) is 2.84. The number of allylic oxidation sites excluding steroid dienone is 2. The quantitative estimate of drug-likeness (QED) is 0.602. The van der Waals surface area contributed by atoms with Gasteiger partial charge >= 0.3 is 0 Å². The SMILES string of the molecule is O=C1COCC2=NC3=C([C@H](c4ccc(F)c(I)c4)C12)S(=O)(=O)CC3. The predicted octanol–water partition coefficient (Wildman–Crippen LogP) is 2.21. The second-order valence-electron chi connectivity index (χ2n) is 6.07. The third kappa shape index (κ3) is 2.46. The van der Waals surface area contributed by atoms with Gasteiger partial charge in [0.25, 0.3) is 0 Å². The highest BCUT2D eigenvalue weighted by molar-refractivity contribution is 14.1. The maximum Gasteiger partial charge on any atom is 0.177 e. The molecule has 3 heterocycles. The number of fused-ring (bicyclic) bond motifs is 1. The lowest BCUT2D eigenvalue weighted by Gasteiger charge is -2.34. The zero-order valence-electron chi connectivity index (χ0n) is 12.5. The van der Waals surface area contributed by atoms with Gasteiger partial charge in [-0.3, -0.25) is 9.79 Å². The van der Waals surface area contributed by atoms with Crippen LogP contribution in [0.5, 0.6) is 0 Å². The third-order valence-electron chi connectivity index (χ3n) is 4.62. The van der Waals surface area contributed by atoms with E-state index in [2.05, 4.69) is 4.99 Å². The summed E-state index contributed by atoms with van der Waals surface area (Å²) in [5, 5.41) is 0. The first-order valence-electron chi connectivity index (χ1n) is 7.47. The molecule has 8 heteroatoms. The van der Waals surface area contributed by atoms with Crippen molar-refractivity contribution in [1.29, 1.82) is 0 Å². The van der Waals surface area contributed by atoms with Gasteiger partial charge in [0.2, 0.25) is 0 Å². The van der Waals surface area contributed by atoms with Crippen LogP contribution < -0.4 is 0 Å². The minimum Gasteiger partial charge on any atom is -0.368 e. The van der Waals surface area contributed by atoms with E-state index in [0.717, 1.165) is 0 Å². The van der Waals surface area contributed by atoms with E-state index in [-0.39, 0.29) is 35.5 Å². The fraction of sp³-hybridized carbons (Fsp3) is 0.375. The first-order valence-corrected chi connectivity index (χ1v) is 10.2. The van der Waals surface area contributed by atoms with E-state index in [9.17, 15) is 17.6 Å². The number of nitrogens with zero attached hydrogens (tertiary/aromatic N) is 1. The van der Waals surface area contributed by atoms with Gasteiger partial charge in [0, 0.05) is 15.9 Å². The molecule has 1 unspecified atom stereocenters. The summed E-state index contributed by atoms with van der Waals surface area (Å²) in [6, 6.07) is 4.49. The van der Waals surface area contributed by atoms with Gasteiger partial charge in [-0.2, -0.15) is 0 Å². The Hall–Kier alpha value is -1.13. The number of carbonyl (C=O) groups is 1. The number of sulfone groups is 1. The van der Waals surface area contributed by atoms with Crippen molar-refractivity contribution >= 4 is 43.9 Å². The maximum atomic E-state index is 13.6. The monoisotopic (exact) mass is 461 g/mol. The number of carbonyl (C=O) groups excluding carboxylic acids is 1. The van der Waals surface area contributed by atoms with Crippen LogP contribution in [-0.2, 0) is 19.4 Å². The Bertz CT molecular complexity index is 922. The number of hydrogen-bond donors (Lipinski definition) is 0. The van der Waals surface area contributed by atoms with Crippen molar-refractivity contribution in [3.8, 4) is 0 Å². The molecule has 0 radical (unpaired) electrons. The average molecular weight is 461 g/mol. The minimum absolute atomic E-state index is 0.00496. The highest BCUT2D eigenvalue weighted by atomic mass is 127. The third-order valence-corrected chi connectivity index (χ3v) is 7.35. The van der Waals surface area contributed by atoms with E-state index < -0.39 is 21.7 Å². The Kier molecular flexibility index (Phi) is 3.88. The Labute approximate surface area is 152 Å². The molecule has 0 N–H and O–H groups in total. The lowest BCUT2D eigenvalue weighted by Crippen LogP contribution is -2.43. The van der Waals surface area contributed by atoms with Gasteiger partial charge in [0.05, 0.1) is 34.6 Å². The summed E-state index contributed by atoms with van der Waals surface area (Å²) in [5.74, 6) is -1.83. The number of aliphatic imine (C=N–C) groups is 1. The Morgan fingerprint density at radius 3 is 2.79 bits per heavy atom. The molecular formula is C16H13FINO4S. The van der Waals surface area contributed by atoms with Gasteiger partial charge in [0.15, 0.2) is 15.6 Å². The first-order chi connectivity index (χ1) is 11.4. The normalized spacial score (nSPS) is 28.4. The summed E-state index contributed by atoms with van der Waals surface area (Å²) in [6.45, 7) is 0.170. The van der Waals surface area contributed by atoms with Crippen LogP contribution in [0.4, 0.5) is 4.39 Å². The summed E-state index contributed by atoms with van der Waals surface area (Å²) in [7, 11) is -3.46. The van der Waals surface area contributed by atoms with Crippen molar-refractivity contribution < 1.29 is 22.3 Å². The molecule has 1 saturated heterocycles. The number of ether oxygens (including phenoxy) is 1. The molecule has 0 spiro atoms. The predicted molar refractivity (Wildman–Crippen MR) is 94.0 cm³/mol. The van der Waals surface area contributed by atoms with Crippen LogP contribution >= 0.6 is 22.6 Å². The molecule has 2 atom stereocenters. The Morgan fingerprint density at radius 2 is 2.04 bits per heavy atom. The molecule has 1 aromatic carbocycles. The summed E-state index contributed by atoms with van der Waals surface area (Å²) in [5.41, 5.74) is 1.72. The van der Waals surface area contributed by atoms with Crippen LogP contribution in [0.2, 0.25) is 0 Å². The van der Waals surface area contributed by atoms with Crippen molar-refractivity contribution in [2.45, 2.75) is 12.3 Å². The van der Waals surface area contributed by atoms with E-state index >= 15 is 0 Å². The van der Waals surface area contributed by atoms with Crippen LogP contribution in [0.25, 0.3) is 0 Å². The Morgan fingerprint density at radius 1 is 1.25 bits per heavy atom. The van der Waals surface area contributed by atoms with Crippen molar-refractivity contribution in [2.24, 2.45) is 10.9 Å². The van der Waals surface area contributed by atoms with Gasteiger partial charge in [-0.1, -0.05) is 6.07 Å². The molecular weight excluding hydrogens is 448 g/mol. The smallest absolute Gasteiger partial charge is 0.177 e. The molecule has 1 fully saturated rings. The summed E-state index contributed by atoms with van der Waals surface area (Å²) >= 11 is 1.87. The van der Waals surface area contributed by atoms with Crippen LogP contribution in [0.15, 0.2) is 33.8 Å². The number of hydrogen-bond acceptors (Lipinski definition) is 5. The van der Waals surface area contributed by atoms with E-state index in [1.807, 2.05) is 22.6 Å². The lowest BCUT2D eigenvalue weighted by molar-refractivity contribution is -0.127. The van der Waals surface area contributed by atoms with Crippen LogP contribution in [0.3, 0.4) is 0 Å². The van der Waals surface area contributed by atoms with Crippen molar-refractivity contribution in [2.75, 3.05) is 19.0 Å². The molecule has 0 bridgehead atoms. The number of halogens is 2. The van der Waals surface area contributed by atoms with E-state index in [0.29, 0.717) is 27.0 Å². The van der Waals surface area contributed by atoms with Gasteiger partial charge in [0.1, 0.15) is 12.4 Å². The molecule has 1 aromatic rings. The van der Waals surface area contributed by atoms with Crippen LogP contribution in [0.1, 0.15) is 17.9 Å². The van der Waals surface area contributed by atoms with Crippen LogP contribution in [-0.4, -0.2) is 38.9 Å². The van der Waals surface area contributed by atoms with E-state index in [1.54, 1.807) is 12.1 Å². The maximum absolute atomic E-state index is 13.6. The molecule has 126 valence electrons. The fourth-order valence-corrected chi connectivity index (χ4v) is 5.99. The standard InChI is InChI=1S/C16H13FINO4S/c17-9-2-1-8(5-10(9)18)14-15-12(6-23-7-13(15)20)19-11-3-4-24(21,22)16(11)14/h1-2,5,14-15H,3-4,6-7H2/t14-,15?/m1/s1. The zero-order chi connectivity index (χ0) is 17.1. The molecule has 3 aliphatic rings. The van der Waals surface area contributed by atoms with E-state index in [4.69, 9.17) is 4.74 Å². The topological polar surface area (TPSA) is 72.8 Å². The second-order valence-corrected chi connectivity index (χ2v) is 9.31. The molecule has 0 amide bonds. The molecule has 0 aromatic heterocycles. The zero-order valence-corrected chi connectivity index (χ0v) is 15.4. The summed E-state index contributed by atoms with van der Waals surface area (Å²) in [6.07, 6.45) is 0.344. The molecule has 5 nitrogen and oxygen atoms in total. The molecule has 0 saturated carbocycles. The Balaban J connectivity index is 1.94. The van der Waals surface area contributed by atoms with Crippen molar-refractivity contribution in [3.05, 3.63) is 43.8 Å². The number of ketones is 1. The highest BCUT2D eigenvalue weighted by Crippen LogP contribution is 2.47. The molecule has 0 aliphatic carbocycles. The van der Waals surface area contributed by atoms with Crippen molar-refractivity contribution in [1.82, 2.24) is 0 Å². The minimum atomic E-state index is -3.46. The lowest BCUT2D eigenvalue weighted by atomic mass is 9.77. The fourth-order valence-electron chi connectivity index (χ4n) is 3.60. The van der Waals surface area contributed by atoms with E-state index in [1.165, 1.54) is 6.07 Å². The number of Topliss-reactive ketones (excluding diaryl/α,β-unsaturated/α-hetero) is 1. The van der Waals surface area contributed by atoms with Gasteiger partial charge in [-0.05, 0) is 40.3 Å². The van der Waals surface area contributed by atoms with Crippen molar-refractivity contribution in [3.63, 3.8) is 0 Å². The molecule has 24 heavy (non-hydrogen) atoms. The van der Waals surface area contributed by atoms with Crippen LogP contribution in [0, 0.1) is 15.3 Å². The second kappa shape index (κ2) is 5.70. The van der Waals surface area contributed by atoms with Gasteiger partial charge in [-0.25, -0.2) is 12.8 Å². The number of rotatable bonds is 1. The van der Waals surface area contributed by atoms with Gasteiger partial charge < -0.3 is 4.74 Å². The first kappa shape index (κ1) is 16.3.